The first-order valence-electron chi connectivity index (χ1n) is 19.5. The maximum absolute atomic E-state index is 14.7. The molecular weight excluding hydrogens is 676 g/mol. The van der Waals surface area contributed by atoms with E-state index in [1.165, 1.54) is 11.0 Å². The lowest BCUT2D eigenvalue weighted by Gasteiger charge is -2.40. The van der Waals surface area contributed by atoms with Gasteiger partial charge in [-0.3, -0.25) is 33.7 Å². The minimum Gasteiger partial charge on any atom is -0.346 e. The SMILES string of the molecule is C=CCNC(=O)C(=O)C(CCCC)NC(=O)[C@@H]1[C@H]2CCC3(CC3)[C@H]2CN1C(=O)[C@@H](NC(=O)N[C@H](CN1C(=O)CC(C)(C)CC1=O)C(C)(C)C)C(C)(C)C. The Morgan fingerprint density at radius 2 is 1.55 bits per heavy atom. The maximum Gasteiger partial charge on any atom is 0.315 e. The van der Waals surface area contributed by atoms with Crippen LogP contribution in [-0.4, -0.2) is 95.0 Å². The van der Waals surface area contributed by atoms with E-state index < -0.39 is 69.9 Å². The fourth-order valence-corrected chi connectivity index (χ4v) is 8.53. The number of Topliss-reactive ketones (excluding diaryl/α,β-unsaturated/α-hetero) is 1. The van der Waals surface area contributed by atoms with Gasteiger partial charge in [0.05, 0.1) is 12.1 Å². The molecule has 0 aromatic rings. The van der Waals surface area contributed by atoms with E-state index in [0.29, 0.717) is 13.0 Å². The molecule has 296 valence electrons. The molecule has 2 saturated heterocycles. The number of carbonyl (C=O) groups is 7. The second-order valence-electron chi connectivity index (χ2n) is 18.9. The smallest absolute Gasteiger partial charge is 0.315 e. The van der Waals surface area contributed by atoms with E-state index in [0.717, 1.165) is 32.1 Å². The number of hydrogen-bond acceptors (Lipinski definition) is 7. The summed E-state index contributed by atoms with van der Waals surface area (Å²) in [5.41, 5.74) is -1.65. The van der Waals surface area contributed by atoms with Crippen molar-refractivity contribution in [2.24, 2.45) is 33.5 Å². The lowest BCUT2D eigenvalue weighted by Crippen LogP contribution is -2.63. The second kappa shape index (κ2) is 15.9. The van der Waals surface area contributed by atoms with Gasteiger partial charge in [0.15, 0.2) is 0 Å². The Hall–Kier alpha value is -3.77. The van der Waals surface area contributed by atoms with Gasteiger partial charge in [0, 0.05) is 32.5 Å². The average molecular weight is 741 g/mol. The summed E-state index contributed by atoms with van der Waals surface area (Å²) in [5.74, 6) is -2.93. The number of fused-ring (bicyclic) bond motifs is 2. The molecule has 13 nitrogen and oxygen atoms in total. The van der Waals surface area contributed by atoms with E-state index >= 15 is 0 Å². The van der Waals surface area contributed by atoms with Crippen molar-refractivity contribution in [2.45, 2.75) is 144 Å². The molecule has 53 heavy (non-hydrogen) atoms. The molecule has 0 bridgehead atoms. The van der Waals surface area contributed by atoms with E-state index in [1.54, 1.807) is 4.90 Å². The summed E-state index contributed by atoms with van der Waals surface area (Å²) in [6.45, 7) is 21.1. The lowest BCUT2D eigenvalue weighted by atomic mass is 9.80. The largest absolute Gasteiger partial charge is 0.346 e. The molecule has 0 aromatic carbocycles. The van der Waals surface area contributed by atoms with Crippen LogP contribution in [0.5, 0.6) is 0 Å². The van der Waals surface area contributed by atoms with Crippen LogP contribution in [0.25, 0.3) is 0 Å². The first-order valence-corrected chi connectivity index (χ1v) is 19.5. The highest BCUT2D eigenvalue weighted by Crippen LogP contribution is 2.66. The molecule has 7 amide bonds. The quantitative estimate of drug-likeness (QED) is 0.119. The van der Waals surface area contributed by atoms with Gasteiger partial charge in [0.1, 0.15) is 12.1 Å². The molecule has 2 heterocycles. The van der Waals surface area contributed by atoms with E-state index in [-0.39, 0.29) is 61.4 Å². The fourth-order valence-electron chi connectivity index (χ4n) is 8.53. The van der Waals surface area contributed by atoms with E-state index in [1.807, 2.05) is 62.3 Å². The van der Waals surface area contributed by atoms with Crippen molar-refractivity contribution in [3.05, 3.63) is 12.7 Å². The summed E-state index contributed by atoms with van der Waals surface area (Å²) in [6.07, 6.45) is 7.43. The highest BCUT2D eigenvalue weighted by molar-refractivity contribution is 6.38. The number of amides is 7. The third-order valence-electron chi connectivity index (χ3n) is 11.9. The predicted octanol–water partition coefficient (Wildman–Crippen LogP) is 3.85. The van der Waals surface area contributed by atoms with Crippen molar-refractivity contribution in [1.82, 2.24) is 31.1 Å². The summed E-state index contributed by atoms with van der Waals surface area (Å²) < 4.78 is 0. The molecule has 4 N–H and O–H groups in total. The first kappa shape index (κ1) is 42.0. The van der Waals surface area contributed by atoms with Crippen LogP contribution < -0.4 is 21.3 Å². The number of rotatable bonds is 14. The zero-order valence-corrected chi connectivity index (χ0v) is 33.5. The van der Waals surface area contributed by atoms with Crippen LogP contribution in [0.1, 0.15) is 120 Å². The lowest BCUT2D eigenvalue weighted by molar-refractivity contribution is -0.153. The van der Waals surface area contributed by atoms with E-state index in [2.05, 4.69) is 27.8 Å². The summed E-state index contributed by atoms with van der Waals surface area (Å²) in [7, 11) is 0. The number of nitrogens with zero attached hydrogens (tertiary/aromatic N) is 2. The van der Waals surface area contributed by atoms with Crippen LogP contribution in [0, 0.1) is 33.5 Å². The molecule has 1 spiro atoms. The second-order valence-corrected chi connectivity index (χ2v) is 18.9. The normalized spacial score (nSPS) is 24.9. The van der Waals surface area contributed by atoms with Crippen LogP contribution in [-0.2, 0) is 28.8 Å². The van der Waals surface area contributed by atoms with E-state index in [9.17, 15) is 33.6 Å². The molecule has 0 radical (unpaired) electrons. The highest BCUT2D eigenvalue weighted by Gasteiger charge is 2.64. The zero-order chi connectivity index (χ0) is 39.7. The molecule has 4 aliphatic rings. The van der Waals surface area contributed by atoms with Gasteiger partial charge in [0.2, 0.25) is 29.4 Å². The maximum atomic E-state index is 14.7. The number of hydrogen-bond donors (Lipinski definition) is 4. The van der Waals surface area contributed by atoms with Crippen LogP contribution in [0.3, 0.4) is 0 Å². The predicted molar refractivity (Wildman–Crippen MR) is 201 cm³/mol. The van der Waals surface area contributed by atoms with Crippen molar-refractivity contribution < 1.29 is 33.6 Å². The molecule has 2 aliphatic heterocycles. The van der Waals surface area contributed by atoms with E-state index in [4.69, 9.17) is 0 Å². The Labute approximate surface area is 315 Å². The molecule has 13 heteroatoms. The van der Waals surface area contributed by atoms with Crippen molar-refractivity contribution >= 4 is 41.4 Å². The third-order valence-corrected chi connectivity index (χ3v) is 11.9. The van der Waals surface area contributed by atoms with Crippen molar-refractivity contribution in [3.8, 4) is 0 Å². The Morgan fingerprint density at radius 3 is 2.08 bits per heavy atom. The number of piperidine rings is 1. The van der Waals surface area contributed by atoms with Gasteiger partial charge in [-0.05, 0) is 65.6 Å². The molecule has 6 atom stereocenters. The Kier molecular flexibility index (Phi) is 12.6. The Balaban J connectivity index is 1.56. The van der Waals surface area contributed by atoms with Gasteiger partial charge in [-0.15, -0.1) is 6.58 Å². The van der Waals surface area contributed by atoms with Crippen molar-refractivity contribution in [1.29, 1.82) is 0 Å². The molecule has 2 aliphatic carbocycles. The molecule has 4 fully saturated rings. The molecule has 1 unspecified atom stereocenters. The standard InChI is InChI=1S/C40H64N6O7/c1-11-13-14-26(31(49)34(51)41-19-12-2)42-33(50)30-24-15-16-40(17-18-40)25(24)22-46(30)35(52)32(38(6,7)8)44-36(53)43-27(37(3,4)5)23-45-28(47)20-39(9,10)21-29(45)48/h12,24-27,30,32H,2,11,13-23H2,1,3-10H3,(H,41,51)(H,42,50)(H2,43,44,53)/t24-,25-,26?,27+,30-,32+/m0/s1. The number of urea groups is 1. The van der Waals surface area contributed by atoms with Gasteiger partial charge < -0.3 is 26.2 Å². The minimum atomic E-state index is -1.04. The van der Waals surface area contributed by atoms with Crippen LogP contribution in [0.15, 0.2) is 12.7 Å². The molecule has 0 aromatic heterocycles. The van der Waals surface area contributed by atoms with Gasteiger partial charge in [-0.25, -0.2) is 4.79 Å². The van der Waals surface area contributed by atoms with Gasteiger partial charge >= 0.3 is 6.03 Å². The molecule has 2 saturated carbocycles. The monoisotopic (exact) mass is 740 g/mol. The summed E-state index contributed by atoms with van der Waals surface area (Å²) in [4.78, 5) is 97.6. The van der Waals surface area contributed by atoms with Crippen LogP contribution in [0.2, 0.25) is 0 Å². The fraction of sp³-hybridized carbons (Fsp3) is 0.775. The third kappa shape index (κ3) is 9.67. The van der Waals surface area contributed by atoms with Crippen molar-refractivity contribution in [3.63, 3.8) is 0 Å². The summed E-state index contributed by atoms with van der Waals surface area (Å²) >= 11 is 0. The minimum absolute atomic E-state index is 0.00212. The number of ketones is 1. The van der Waals surface area contributed by atoms with Crippen LogP contribution in [0.4, 0.5) is 4.79 Å². The van der Waals surface area contributed by atoms with Gasteiger partial charge in [0.25, 0.3) is 5.91 Å². The highest BCUT2D eigenvalue weighted by atomic mass is 16.2. The van der Waals surface area contributed by atoms with Gasteiger partial charge in [-0.1, -0.05) is 81.2 Å². The first-order chi connectivity index (χ1) is 24.5. The van der Waals surface area contributed by atoms with Crippen LogP contribution >= 0.6 is 0 Å². The summed E-state index contributed by atoms with van der Waals surface area (Å²) in [6, 6.07) is -4.18. The summed E-state index contributed by atoms with van der Waals surface area (Å²) in [5, 5.41) is 11.3. The number of imide groups is 1. The number of nitrogens with one attached hydrogen (secondary N) is 4. The topological polar surface area (TPSA) is 174 Å². The number of carbonyl (C=O) groups excluding carboxylic acids is 7. The molecular formula is C40H64N6O7. The Bertz CT molecular complexity index is 1450. The zero-order valence-electron chi connectivity index (χ0n) is 33.5. The van der Waals surface area contributed by atoms with Crippen molar-refractivity contribution in [2.75, 3.05) is 19.6 Å². The molecule has 4 rings (SSSR count). The Morgan fingerprint density at radius 1 is 0.925 bits per heavy atom. The number of unbranched alkanes of at least 4 members (excludes halogenated alkanes) is 1. The number of likely N-dealkylation sites (tertiary alicyclic amines) is 2. The average Bonchev–Trinajstić information content (AvgIpc) is 3.61. The van der Waals surface area contributed by atoms with Gasteiger partial charge in [-0.2, -0.15) is 0 Å².